The van der Waals surface area contributed by atoms with E-state index in [-0.39, 0.29) is 6.10 Å². The van der Waals surface area contributed by atoms with Crippen LogP contribution in [0.15, 0.2) is 24.8 Å². The molecule has 2 aromatic heterocycles. The zero-order chi connectivity index (χ0) is 15.5. The lowest BCUT2D eigenvalue weighted by Gasteiger charge is -2.32. The monoisotopic (exact) mass is 303 g/mol. The van der Waals surface area contributed by atoms with Crippen LogP contribution >= 0.6 is 0 Å². The predicted octanol–water partition coefficient (Wildman–Crippen LogP) is 2.25. The van der Waals surface area contributed by atoms with Crippen molar-refractivity contribution in [1.29, 1.82) is 0 Å². The molecular formula is C16H25N5O. The summed E-state index contributed by atoms with van der Waals surface area (Å²) < 4.78 is 10.1. The smallest absolute Gasteiger partial charge is 0.123 e. The van der Waals surface area contributed by atoms with Crippen molar-refractivity contribution < 1.29 is 4.74 Å². The van der Waals surface area contributed by atoms with Crippen molar-refractivity contribution in [2.75, 3.05) is 19.7 Å². The van der Waals surface area contributed by atoms with Crippen LogP contribution in [0.5, 0.6) is 0 Å². The predicted molar refractivity (Wildman–Crippen MR) is 84.5 cm³/mol. The van der Waals surface area contributed by atoms with Crippen LogP contribution in [-0.4, -0.2) is 43.9 Å². The average molecular weight is 303 g/mol. The van der Waals surface area contributed by atoms with Gasteiger partial charge in [-0.3, -0.25) is 9.58 Å². The molecule has 120 valence electrons. The van der Waals surface area contributed by atoms with Crippen molar-refractivity contribution in [1.82, 2.24) is 24.2 Å². The molecule has 2 aromatic rings. The van der Waals surface area contributed by atoms with E-state index in [1.54, 1.807) is 0 Å². The number of morpholine rings is 1. The highest BCUT2D eigenvalue weighted by molar-refractivity contribution is 5.10. The molecule has 0 spiro atoms. The molecule has 1 aliphatic heterocycles. The Morgan fingerprint density at radius 3 is 3.00 bits per heavy atom. The van der Waals surface area contributed by atoms with E-state index in [1.807, 2.05) is 17.1 Å². The van der Waals surface area contributed by atoms with Gasteiger partial charge in [0.15, 0.2) is 0 Å². The first-order chi connectivity index (χ1) is 10.7. The molecule has 0 aliphatic carbocycles. The molecule has 0 amide bonds. The van der Waals surface area contributed by atoms with E-state index in [4.69, 9.17) is 4.74 Å². The molecule has 6 nitrogen and oxygen atoms in total. The van der Waals surface area contributed by atoms with Gasteiger partial charge in [0, 0.05) is 49.8 Å². The van der Waals surface area contributed by atoms with Crippen molar-refractivity contribution in [2.24, 2.45) is 0 Å². The summed E-state index contributed by atoms with van der Waals surface area (Å²) in [6.07, 6.45) is 8.06. The van der Waals surface area contributed by atoms with Crippen LogP contribution in [0.3, 0.4) is 0 Å². The molecule has 22 heavy (non-hydrogen) atoms. The molecule has 0 bridgehead atoms. The molecule has 1 fully saturated rings. The van der Waals surface area contributed by atoms with E-state index < -0.39 is 0 Å². The summed E-state index contributed by atoms with van der Waals surface area (Å²) in [5.74, 6) is 1.12. The first kappa shape index (κ1) is 15.2. The lowest BCUT2D eigenvalue weighted by Crippen LogP contribution is -2.38. The molecule has 1 aliphatic rings. The lowest BCUT2D eigenvalue weighted by molar-refractivity contribution is -0.0340. The Labute approximate surface area is 131 Å². The van der Waals surface area contributed by atoms with Crippen LogP contribution < -0.4 is 0 Å². The number of aromatic nitrogens is 4. The third kappa shape index (κ3) is 3.23. The third-order valence-electron chi connectivity index (χ3n) is 4.17. The third-order valence-corrected chi connectivity index (χ3v) is 4.17. The van der Waals surface area contributed by atoms with Gasteiger partial charge in [-0.2, -0.15) is 5.10 Å². The van der Waals surface area contributed by atoms with E-state index in [0.29, 0.717) is 6.04 Å². The van der Waals surface area contributed by atoms with Crippen LogP contribution in [0.1, 0.15) is 44.3 Å². The van der Waals surface area contributed by atoms with Gasteiger partial charge in [0.1, 0.15) is 5.82 Å². The van der Waals surface area contributed by atoms with Crippen molar-refractivity contribution in [2.45, 2.75) is 46.0 Å². The zero-order valence-electron chi connectivity index (χ0n) is 13.6. The number of hydrogen-bond donors (Lipinski definition) is 0. The maximum atomic E-state index is 5.93. The number of nitrogens with zero attached hydrogens (tertiary/aromatic N) is 5. The first-order valence-electron chi connectivity index (χ1n) is 8.05. The quantitative estimate of drug-likeness (QED) is 0.850. The molecule has 1 unspecified atom stereocenters. The van der Waals surface area contributed by atoms with Gasteiger partial charge in [-0.15, -0.1) is 0 Å². The van der Waals surface area contributed by atoms with Gasteiger partial charge in [-0.05, 0) is 20.8 Å². The first-order valence-corrected chi connectivity index (χ1v) is 8.05. The number of imidazole rings is 1. The standard InChI is InChI=1S/C16H25N5O/c1-4-20-10-14(9-18-20)15-11-19(7-8-22-15)12-16-17-5-6-21(16)13(2)3/h5-6,9-10,13,15H,4,7-8,11-12H2,1-3H3. The maximum absolute atomic E-state index is 5.93. The van der Waals surface area contributed by atoms with Gasteiger partial charge >= 0.3 is 0 Å². The number of ether oxygens (including phenoxy) is 1. The average Bonchev–Trinajstić information content (AvgIpc) is 3.16. The van der Waals surface area contributed by atoms with Gasteiger partial charge in [0.05, 0.1) is 25.5 Å². The second-order valence-corrected chi connectivity index (χ2v) is 6.07. The van der Waals surface area contributed by atoms with Crippen LogP contribution in [-0.2, 0) is 17.8 Å². The summed E-state index contributed by atoms with van der Waals surface area (Å²) in [4.78, 5) is 6.93. The van der Waals surface area contributed by atoms with Crippen molar-refractivity contribution in [3.8, 4) is 0 Å². The summed E-state index contributed by atoms with van der Waals surface area (Å²) in [7, 11) is 0. The zero-order valence-corrected chi connectivity index (χ0v) is 13.6. The summed E-state index contributed by atoms with van der Waals surface area (Å²) >= 11 is 0. The molecule has 0 saturated carbocycles. The van der Waals surface area contributed by atoms with Gasteiger partial charge in [0.25, 0.3) is 0 Å². The number of rotatable bonds is 5. The Morgan fingerprint density at radius 1 is 1.41 bits per heavy atom. The van der Waals surface area contributed by atoms with Crippen LogP contribution in [0.25, 0.3) is 0 Å². The number of aryl methyl sites for hydroxylation is 1. The minimum atomic E-state index is 0.108. The molecule has 0 radical (unpaired) electrons. The second kappa shape index (κ2) is 6.62. The fraction of sp³-hybridized carbons (Fsp3) is 0.625. The Bertz CT molecular complexity index is 603. The SMILES string of the molecule is CCn1cc(C2CN(Cc3nccn3C(C)C)CCO2)cn1. The summed E-state index contributed by atoms with van der Waals surface area (Å²) in [6, 6.07) is 0.442. The van der Waals surface area contributed by atoms with Gasteiger partial charge in [-0.25, -0.2) is 4.98 Å². The minimum Gasteiger partial charge on any atom is -0.371 e. The van der Waals surface area contributed by atoms with E-state index in [0.717, 1.165) is 38.6 Å². The maximum Gasteiger partial charge on any atom is 0.123 e. The van der Waals surface area contributed by atoms with Crippen molar-refractivity contribution in [3.63, 3.8) is 0 Å². The van der Waals surface area contributed by atoms with Gasteiger partial charge in [-0.1, -0.05) is 0 Å². The fourth-order valence-corrected chi connectivity index (χ4v) is 2.90. The molecule has 3 rings (SSSR count). The van der Waals surface area contributed by atoms with Gasteiger partial charge in [0.2, 0.25) is 0 Å². The Morgan fingerprint density at radius 2 is 2.27 bits per heavy atom. The highest BCUT2D eigenvalue weighted by Gasteiger charge is 2.24. The Hall–Kier alpha value is -1.66. The van der Waals surface area contributed by atoms with Crippen molar-refractivity contribution in [3.05, 3.63) is 36.2 Å². The second-order valence-electron chi connectivity index (χ2n) is 6.07. The van der Waals surface area contributed by atoms with Crippen LogP contribution in [0, 0.1) is 0 Å². The van der Waals surface area contributed by atoms with Crippen LogP contribution in [0.2, 0.25) is 0 Å². The van der Waals surface area contributed by atoms with E-state index in [9.17, 15) is 0 Å². The van der Waals surface area contributed by atoms with Crippen LogP contribution in [0.4, 0.5) is 0 Å². The Balaban J connectivity index is 1.66. The topological polar surface area (TPSA) is 48.1 Å². The highest BCUT2D eigenvalue weighted by Crippen LogP contribution is 2.23. The summed E-state index contributed by atoms with van der Waals surface area (Å²) in [5, 5.41) is 4.35. The molecular weight excluding hydrogens is 278 g/mol. The van der Waals surface area contributed by atoms with Crippen molar-refractivity contribution >= 4 is 0 Å². The molecule has 1 atom stereocenters. The fourth-order valence-electron chi connectivity index (χ4n) is 2.90. The molecule has 1 saturated heterocycles. The minimum absolute atomic E-state index is 0.108. The largest absolute Gasteiger partial charge is 0.371 e. The Kier molecular flexibility index (Phi) is 4.59. The summed E-state index contributed by atoms with van der Waals surface area (Å²) in [5.41, 5.74) is 1.17. The van der Waals surface area contributed by atoms with Gasteiger partial charge < -0.3 is 9.30 Å². The van der Waals surface area contributed by atoms with E-state index >= 15 is 0 Å². The normalized spacial score (nSPS) is 19.9. The number of hydrogen-bond acceptors (Lipinski definition) is 4. The molecule has 3 heterocycles. The highest BCUT2D eigenvalue weighted by atomic mass is 16.5. The lowest BCUT2D eigenvalue weighted by atomic mass is 10.1. The molecule has 0 N–H and O–H groups in total. The summed E-state index contributed by atoms with van der Waals surface area (Å²) in [6.45, 7) is 10.8. The van der Waals surface area contributed by atoms with E-state index in [2.05, 4.69) is 52.7 Å². The molecule has 0 aromatic carbocycles. The van der Waals surface area contributed by atoms with E-state index in [1.165, 1.54) is 5.56 Å². The molecule has 6 heteroatoms.